The Morgan fingerprint density at radius 3 is 2.78 bits per heavy atom. The van der Waals surface area contributed by atoms with E-state index in [1.54, 1.807) is 13.0 Å². The van der Waals surface area contributed by atoms with Gasteiger partial charge in [0, 0.05) is 20.0 Å². The van der Waals surface area contributed by atoms with Crippen LogP contribution in [0.2, 0.25) is 0 Å². The van der Waals surface area contributed by atoms with Gasteiger partial charge < -0.3 is 19.8 Å². The standard InChI is InChI=1S/C13H17N3O6S/c1-9-3-4-11(13(14-9)16(18)19)22-7-12(17)15(2)10-5-6-23(20,21)8-10/h3-4,10H,5-8H2,1-2H3/t10-/m1/s1. The quantitative estimate of drug-likeness (QED) is 0.558. The van der Waals surface area contributed by atoms with Crippen LogP contribution in [0.25, 0.3) is 0 Å². The van der Waals surface area contributed by atoms with Crippen LogP contribution in [0.1, 0.15) is 12.1 Å². The minimum Gasteiger partial charge on any atom is -0.476 e. The van der Waals surface area contributed by atoms with Crippen molar-refractivity contribution in [1.29, 1.82) is 0 Å². The number of sulfone groups is 1. The number of amides is 1. The minimum atomic E-state index is -3.10. The summed E-state index contributed by atoms with van der Waals surface area (Å²) < 4.78 is 28.1. The molecule has 2 rings (SSSR count). The van der Waals surface area contributed by atoms with Gasteiger partial charge >= 0.3 is 5.82 Å². The lowest BCUT2D eigenvalue weighted by molar-refractivity contribution is -0.390. The van der Waals surface area contributed by atoms with Crippen molar-refractivity contribution in [3.8, 4) is 5.75 Å². The van der Waals surface area contributed by atoms with E-state index >= 15 is 0 Å². The fraction of sp³-hybridized carbons (Fsp3) is 0.538. The van der Waals surface area contributed by atoms with Gasteiger partial charge in [0.05, 0.1) is 11.5 Å². The highest BCUT2D eigenvalue weighted by Crippen LogP contribution is 2.24. The molecule has 0 bridgehead atoms. The summed E-state index contributed by atoms with van der Waals surface area (Å²) in [5.41, 5.74) is 0.462. The van der Waals surface area contributed by atoms with Crippen molar-refractivity contribution in [2.45, 2.75) is 19.4 Å². The Labute approximate surface area is 133 Å². The highest BCUT2D eigenvalue weighted by Gasteiger charge is 2.33. The first kappa shape index (κ1) is 17.1. The SMILES string of the molecule is Cc1ccc(OCC(=O)N(C)[C@@H]2CCS(=O)(=O)C2)c([N+](=O)[O-])n1. The molecule has 0 unspecified atom stereocenters. The number of nitrogens with zero attached hydrogens (tertiary/aromatic N) is 3. The predicted molar refractivity (Wildman–Crippen MR) is 81.0 cm³/mol. The van der Waals surface area contributed by atoms with E-state index in [-0.39, 0.29) is 23.3 Å². The third kappa shape index (κ3) is 4.15. The summed E-state index contributed by atoms with van der Waals surface area (Å²) in [6, 6.07) is 2.54. The molecule has 2 heterocycles. The Bertz CT molecular complexity index is 733. The van der Waals surface area contributed by atoms with Gasteiger partial charge in [0.25, 0.3) is 5.91 Å². The molecule has 1 aliphatic heterocycles. The monoisotopic (exact) mass is 343 g/mol. The number of aromatic nitrogens is 1. The second-order valence-corrected chi connectivity index (χ2v) is 7.61. The summed E-state index contributed by atoms with van der Waals surface area (Å²) in [7, 11) is -1.60. The largest absolute Gasteiger partial charge is 0.476 e. The van der Waals surface area contributed by atoms with Crippen LogP contribution in [0.4, 0.5) is 5.82 Å². The third-order valence-corrected chi connectivity index (χ3v) is 5.40. The summed E-state index contributed by atoms with van der Waals surface area (Å²) in [4.78, 5) is 27.4. The van der Waals surface area contributed by atoms with Gasteiger partial charge in [-0.15, -0.1) is 0 Å². The van der Waals surface area contributed by atoms with E-state index in [1.807, 2.05) is 0 Å². The predicted octanol–water partition coefficient (Wildman–Crippen LogP) is 0.323. The number of nitro groups is 1. The average Bonchev–Trinajstić information content (AvgIpc) is 2.84. The van der Waals surface area contributed by atoms with Gasteiger partial charge in [-0.25, -0.2) is 8.42 Å². The van der Waals surface area contributed by atoms with Gasteiger partial charge in [0.2, 0.25) is 5.75 Å². The van der Waals surface area contributed by atoms with Gasteiger partial charge in [-0.3, -0.25) is 4.79 Å². The van der Waals surface area contributed by atoms with Crippen LogP contribution in [0.5, 0.6) is 5.75 Å². The van der Waals surface area contributed by atoms with Crippen molar-refractivity contribution in [1.82, 2.24) is 9.88 Å². The van der Waals surface area contributed by atoms with E-state index < -0.39 is 33.1 Å². The maximum absolute atomic E-state index is 12.1. The molecular formula is C13H17N3O6S. The number of hydrogen-bond donors (Lipinski definition) is 0. The lowest BCUT2D eigenvalue weighted by Crippen LogP contribution is -2.40. The minimum absolute atomic E-state index is 0.0590. The molecule has 1 aliphatic rings. The van der Waals surface area contributed by atoms with Crippen molar-refractivity contribution < 1.29 is 22.9 Å². The molecule has 0 aliphatic carbocycles. The van der Waals surface area contributed by atoms with Gasteiger partial charge in [0.1, 0.15) is 5.69 Å². The Morgan fingerprint density at radius 1 is 1.52 bits per heavy atom. The first-order valence-corrected chi connectivity index (χ1v) is 8.72. The molecule has 0 N–H and O–H groups in total. The second kappa shape index (κ2) is 6.49. The van der Waals surface area contributed by atoms with Crippen LogP contribution in [0.3, 0.4) is 0 Å². The zero-order valence-corrected chi connectivity index (χ0v) is 13.6. The maximum atomic E-state index is 12.1. The van der Waals surface area contributed by atoms with Crippen molar-refractivity contribution in [2.24, 2.45) is 0 Å². The number of aryl methyl sites for hydroxylation is 1. The molecular weight excluding hydrogens is 326 g/mol. The fourth-order valence-corrected chi connectivity index (χ4v) is 4.07. The number of carbonyl (C=O) groups excluding carboxylic acids is 1. The first-order valence-electron chi connectivity index (χ1n) is 6.90. The van der Waals surface area contributed by atoms with E-state index in [4.69, 9.17) is 4.74 Å². The lowest BCUT2D eigenvalue weighted by atomic mass is 10.2. The van der Waals surface area contributed by atoms with Gasteiger partial charge in [-0.05, 0) is 28.5 Å². The molecule has 126 valence electrons. The fourth-order valence-electron chi connectivity index (χ4n) is 2.30. The molecule has 1 amide bonds. The van der Waals surface area contributed by atoms with Gasteiger partial charge in [-0.2, -0.15) is 0 Å². The number of rotatable bonds is 5. The lowest BCUT2D eigenvalue weighted by Gasteiger charge is -2.23. The average molecular weight is 343 g/mol. The molecule has 1 aromatic rings. The van der Waals surface area contributed by atoms with Crippen LogP contribution < -0.4 is 4.74 Å². The number of hydrogen-bond acceptors (Lipinski definition) is 7. The van der Waals surface area contributed by atoms with Crippen molar-refractivity contribution in [3.63, 3.8) is 0 Å². The van der Waals surface area contributed by atoms with Crippen LogP contribution in [0.15, 0.2) is 12.1 Å². The zero-order chi connectivity index (χ0) is 17.2. The Kier molecular flexibility index (Phi) is 4.83. The zero-order valence-electron chi connectivity index (χ0n) is 12.8. The summed E-state index contributed by atoms with van der Waals surface area (Å²) in [6.45, 7) is 1.19. The molecule has 1 atom stereocenters. The molecule has 0 aromatic carbocycles. The highest BCUT2D eigenvalue weighted by atomic mass is 32.2. The number of ether oxygens (including phenoxy) is 1. The molecule has 23 heavy (non-hydrogen) atoms. The number of likely N-dealkylation sites (N-methyl/N-ethyl adjacent to an activating group) is 1. The van der Waals surface area contributed by atoms with Crippen LogP contribution in [-0.2, 0) is 14.6 Å². The van der Waals surface area contributed by atoms with Crippen molar-refractivity contribution >= 4 is 21.6 Å². The summed E-state index contributed by atoms with van der Waals surface area (Å²) in [6.07, 6.45) is 0.386. The van der Waals surface area contributed by atoms with E-state index in [0.717, 1.165) is 0 Å². The smallest absolute Gasteiger partial charge is 0.406 e. The van der Waals surface area contributed by atoms with E-state index in [0.29, 0.717) is 12.1 Å². The van der Waals surface area contributed by atoms with Crippen molar-refractivity contribution in [2.75, 3.05) is 25.2 Å². The molecule has 0 radical (unpaired) electrons. The van der Waals surface area contributed by atoms with E-state index in [9.17, 15) is 23.3 Å². The number of carbonyl (C=O) groups is 1. The summed E-state index contributed by atoms with van der Waals surface area (Å²) >= 11 is 0. The molecule has 1 fully saturated rings. The maximum Gasteiger partial charge on any atom is 0.406 e. The van der Waals surface area contributed by atoms with Gasteiger partial charge in [0.15, 0.2) is 16.4 Å². The molecule has 1 saturated heterocycles. The van der Waals surface area contributed by atoms with Crippen LogP contribution >= 0.6 is 0 Å². The summed E-state index contributed by atoms with van der Waals surface area (Å²) in [5, 5.41) is 10.9. The molecule has 10 heteroatoms. The van der Waals surface area contributed by atoms with Crippen LogP contribution in [-0.4, -0.2) is 60.3 Å². The topological polar surface area (TPSA) is 120 Å². The van der Waals surface area contributed by atoms with E-state index in [1.165, 1.54) is 18.0 Å². The molecule has 0 saturated carbocycles. The van der Waals surface area contributed by atoms with Crippen LogP contribution in [0, 0.1) is 17.0 Å². The number of pyridine rings is 1. The Morgan fingerprint density at radius 2 is 2.22 bits per heavy atom. The molecule has 0 spiro atoms. The second-order valence-electron chi connectivity index (χ2n) is 5.38. The highest BCUT2D eigenvalue weighted by molar-refractivity contribution is 7.91. The molecule has 1 aromatic heterocycles. The first-order chi connectivity index (χ1) is 10.7. The summed E-state index contributed by atoms with van der Waals surface area (Å²) in [5.74, 6) is -1.00. The van der Waals surface area contributed by atoms with Gasteiger partial charge in [-0.1, -0.05) is 0 Å². The Balaban J connectivity index is 2.01. The molecule has 9 nitrogen and oxygen atoms in total. The van der Waals surface area contributed by atoms with E-state index in [2.05, 4.69) is 4.98 Å². The normalized spacial score (nSPS) is 19.3. The van der Waals surface area contributed by atoms with Crippen molar-refractivity contribution in [3.05, 3.63) is 27.9 Å². The third-order valence-electron chi connectivity index (χ3n) is 3.65. The Hall–Kier alpha value is -2.23.